The van der Waals surface area contributed by atoms with Crippen LogP contribution < -0.4 is 10.5 Å². The highest BCUT2D eigenvalue weighted by Crippen LogP contribution is 2.33. The number of nitrogen functional groups attached to an aromatic ring is 1. The number of benzene rings is 1. The third-order valence-corrected chi connectivity index (χ3v) is 2.85. The van der Waals surface area contributed by atoms with Gasteiger partial charge in [0.1, 0.15) is 5.75 Å². The molecule has 0 amide bonds. The van der Waals surface area contributed by atoms with Crippen LogP contribution in [0.5, 0.6) is 5.75 Å². The summed E-state index contributed by atoms with van der Waals surface area (Å²) in [5.41, 5.74) is 9.77. The molecule has 84 valence electrons. The van der Waals surface area contributed by atoms with Crippen molar-refractivity contribution in [1.82, 2.24) is 5.16 Å². The van der Waals surface area contributed by atoms with Crippen molar-refractivity contribution in [3.8, 4) is 16.9 Å². The van der Waals surface area contributed by atoms with Gasteiger partial charge in [-0.25, -0.2) is 0 Å². The van der Waals surface area contributed by atoms with E-state index < -0.39 is 0 Å². The van der Waals surface area contributed by atoms with Crippen LogP contribution in [0.1, 0.15) is 11.1 Å². The van der Waals surface area contributed by atoms with Gasteiger partial charge in [-0.3, -0.25) is 0 Å². The molecule has 0 unspecified atom stereocenters. The van der Waals surface area contributed by atoms with Crippen molar-refractivity contribution in [2.24, 2.45) is 0 Å². The van der Waals surface area contributed by atoms with Gasteiger partial charge in [0.2, 0.25) is 5.88 Å². The molecule has 2 aromatic rings. The van der Waals surface area contributed by atoms with Crippen LogP contribution in [0.25, 0.3) is 11.1 Å². The molecule has 0 aliphatic heterocycles. The number of hydrogen-bond acceptors (Lipinski definition) is 4. The summed E-state index contributed by atoms with van der Waals surface area (Å²) < 4.78 is 10.1. The first-order valence-electron chi connectivity index (χ1n) is 5.00. The minimum atomic E-state index is 0.340. The molecule has 0 fully saturated rings. The van der Waals surface area contributed by atoms with Crippen molar-refractivity contribution >= 4 is 5.88 Å². The molecule has 0 atom stereocenters. The first-order chi connectivity index (χ1) is 7.65. The average Bonchev–Trinajstić information content (AvgIpc) is 2.69. The smallest absolute Gasteiger partial charge is 0.229 e. The number of aromatic nitrogens is 1. The van der Waals surface area contributed by atoms with Crippen LogP contribution in [0.4, 0.5) is 5.88 Å². The minimum Gasteiger partial charge on any atom is -0.496 e. The molecule has 1 heterocycles. The molecule has 1 aromatic carbocycles. The highest BCUT2D eigenvalue weighted by atomic mass is 16.5. The Kier molecular flexibility index (Phi) is 2.56. The molecule has 4 nitrogen and oxygen atoms in total. The molecule has 16 heavy (non-hydrogen) atoms. The number of nitrogens with zero attached hydrogens (tertiary/aromatic N) is 1. The van der Waals surface area contributed by atoms with Crippen molar-refractivity contribution in [3.05, 3.63) is 29.5 Å². The Labute approximate surface area is 94.0 Å². The maximum atomic E-state index is 5.70. The van der Waals surface area contributed by atoms with E-state index in [1.807, 2.05) is 26.0 Å². The van der Waals surface area contributed by atoms with E-state index in [2.05, 4.69) is 5.16 Å². The van der Waals surface area contributed by atoms with E-state index in [9.17, 15) is 0 Å². The first kappa shape index (κ1) is 10.5. The van der Waals surface area contributed by atoms with Gasteiger partial charge in [-0.1, -0.05) is 11.2 Å². The fourth-order valence-corrected chi connectivity index (χ4v) is 1.76. The lowest BCUT2D eigenvalue weighted by atomic mass is 9.98. The van der Waals surface area contributed by atoms with Gasteiger partial charge in [-0.05, 0) is 36.6 Å². The summed E-state index contributed by atoms with van der Waals surface area (Å²) in [5.74, 6) is 1.21. The Bertz CT molecular complexity index is 518. The summed E-state index contributed by atoms with van der Waals surface area (Å²) in [4.78, 5) is 0. The molecule has 2 rings (SSSR count). The zero-order valence-corrected chi connectivity index (χ0v) is 9.57. The predicted octanol–water partition coefficient (Wildman–Crippen LogP) is 2.55. The van der Waals surface area contributed by atoms with Gasteiger partial charge in [0, 0.05) is 0 Å². The Hall–Kier alpha value is -1.97. The summed E-state index contributed by atoms with van der Waals surface area (Å²) in [6.07, 6.45) is 1.63. The lowest BCUT2D eigenvalue weighted by molar-refractivity contribution is 0.411. The van der Waals surface area contributed by atoms with E-state index in [-0.39, 0.29) is 0 Å². The third-order valence-electron chi connectivity index (χ3n) is 2.85. The Morgan fingerprint density at radius 2 is 1.94 bits per heavy atom. The second-order valence-electron chi connectivity index (χ2n) is 3.67. The molecule has 0 saturated carbocycles. The number of hydrogen-bond donors (Lipinski definition) is 1. The van der Waals surface area contributed by atoms with Gasteiger partial charge < -0.3 is 15.0 Å². The Morgan fingerprint density at radius 3 is 2.50 bits per heavy atom. The summed E-state index contributed by atoms with van der Waals surface area (Å²) in [6.45, 7) is 4.04. The Morgan fingerprint density at radius 1 is 1.19 bits per heavy atom. The maximum Gasteiger partial charge on any atom is 0.229 e. The lowest BCUT2D eigenvalue weighted by Gasteiger charge is -2.11. The van der Waals surface area contributed by atoms with Crippen LogP contribution in [0.15, 0.2) is 22.9 Å². The molecule has 4 heteroatoms. The van der Waals surface area contributed by atoms with Crippen LogP contribution in [-0.4, -0.2) is 12.3 Å². The zero-order valence-electron chi connectivity index (χ0n) is 9.57. The number of rotatable bonds is 2. The van der Waals surface area contributed by atoms with E-state index in [1.165, 1.54) is 0 Å². The van der Waals surface area contributed by atoms with Crippen LogP contribution in [-0.2, 0) is 0 Å². The monoisotopic (exact) mass is 218 g/mol. The topological polar surface area (TPSA) is 61.3 Å². The standard InChI is InChI=1S/C12H14N2O2/c1-7-8(2)11(15-3)5-4-9(7)10-6-14-16-12(10)13/h4-6H,13H2,1-3H3. The first-order valence-corrected chi connectivity index (χ1v) is 5.00. The molecular weight excluding hydrogens is 204 g/mol. The van der Waals surface area contributed by atoms with Crippen molar-refractivity contribution in [2.75, 3.05) is 12.8 Å². The van der Waals surface area contributed by atoms with E-state index in [0.717, 1.165) is 28.0 Å². The molecule has 0 aliphatic carbocycles. The Balaban J connectivity index is 2.60. The highest BCUT2D eigenvalue weighted by Gasteiger charge is 2.13. The second kappa shape index (κ2) is 3.89. The molecule has 0 aliphatic rings. The molecular formula is C12H14N2O2. The summed E-state index contributed by atoms with van der Waals surface area (Å²) in [5, 5.41) is 3.68. The van der Waals surface area contributed by atoms with Crippen molar-refractivity contribution in [2.45, 2.75) is 13.8 Å². The van der Waals surface area contributed by atoms with Gasteiger partial charge >= 0.3 is 0 Å². The third kappa shape index (κ3) is 1.52. The van der Waals surface area contributed by atoms with E-state index in [4.69, 9.17) is 15.0 Å². The van der Waals surface area contributed by atoms with Gasteiger partial charge in [0.15, 0.2) is 0 Å². The quantitative estimate of drug-likeness (QED) is 0.841. The fourth-order valence-electron chi connectivity index (χ4n) is 1.76. The summed E-state index contributed by atoms with van der Waals surface area (Å²) in [7, 11) is 1.66. The maximum absolute atomic E-state index is 5.70. The molecule has 2 N–H and O–H groups in total. The van der Waals surface area contributed by atoms with Gasteiger partial charge in [0.05, 0.1) is 18.9 Å². The van der Waals surface area contributed by atoms with E-state index >= 15 is 0 Å². The largest absolute Gasteiger partial charge is 0.496 e. The van der Waals surface area contributed by atoms with Crippen LogP contribution >= 0.6 is 0 Å². The molecule has 1 aromatic heterocycles. The average molecular weight is 218 g/mol. The molecule has 0 saturated heterocycles. The van der Waals surface area contributed by atoms with E-state index in [0.29, 0.717) is 5.88 Å². The number of methoxy groups -OCH3 is 1. The fraction of sp³-hybridized carbons (Fsp3) is 0.250. The van der Waals surface area contributed by atoms with Crippen molar-refractivity contribution in [3.63, 3.8) is 0 Å². The lowest BCUT2D eigenvalue weighted by Crippen LogP contribution is -1.94. The van der Waals surface area contributed by atoms with Gasteiger partial charge in [-0.2, -0.15) is 0 Å². The van der Waals surface area contributed by atoms with Crippen molar-refractivity contribution < 1.29 is 9.26 Å². The zero-order chi connectivity index (χ0) is 11.7. The SMILES string of the molecule is COc1ccc(-c2cnoc2N)c(C)c1C. The summed E-state index contributed by atoms with van der Waals surface area (Å²) in [6, 6.07) is 3.88. The summed E-state index contributed by atoms with van der Waals surface area (Å²) >= 11 is 0. The number of anilines is 1. The molecule has 0 bridgehead atoms. The molecule has 0 spiro atoms. The van der Waals surface area contributed by atoms with Crippen LogP contribution in [0, 0.1) is 13.8 Å². The highest BCUT2D eigenvalue weighted by molar-refractivity contribution is 5.76. The number of nitrogens with two attached hydrogens (primary N) is 1. The normalized spacial score (nSPS) is 10.4. The minimum absolute atomic E-state index is 0.340. The van der Waals surface area contributed by atoms with Crippen LogP contribution in [0.3, 0.4) is 0 Å². The van der Waals surface area contributed by atoms with Crippen LogP contribution in [0.2, 0.25) is 0 Å². The molecule has 0 radical (unpaired) electrons. The second-order valence-corrected chi connectivity index (χ2v) is 3.67. The number of ether oxygens (including phenoxy) is 1. The van der Waals surface area contributed by atoms with Gasteiger partial charge in [-0.15, -0.1) is 0 Å². The van der Waals surface area contributed by atoms with Crippen molar-refractivity contribution in [1.29, 1.82) is 0 Å². The van der Waals surface area contributed by atoms with Gasteiger partial charge in [0.25, 0.3) is 0 Å². The predicted molar refractivity (Wildman–Crippen MR) is 62.4 cm³/mol. The van der Waals surface area contributed by atoms with E-state index in [1.54, 1.807) is 13.3 Å².